The minimum Gasteiger partial charge on any atom is -0.319 e. The third kappa shape index (κ3) is 3.76. The van der Waals surface area contributed by atoms with Gasteiger partial charge in [0, 0.05) is 14.2 Å². The van der Waals surface area contributed by atoms with E-state index >= 15 is 0 Å². The molecule has 0 bridgehead atoms. The van der Waals surface area contributed by atoms with Crippen LogP contribution in [0.3, 0.4) is 0 Å². The number of nitrogens with one attached hydrogen (secondary N) is 1. The smallest absolute Gasteiger partial charge is 0.256 e. The van der Waals surface area contributed by atoms with Crippen molar-refractivity contribution in [3.8, 4) is 0 Å². The molecule has 1 N–H and O–H groups in total. The lowest BCUT2D eigenvalue weighted by Gasteiger charge is -2.09. The number of aromatic nitrogens is 2. The molecule has 4 nitrogen and oxygen atoms in total. The Kier molecular flexibility index (Phi) is 5.62. The number of halogens is 3. The molecule has 0 atom stereocenters. The van der Waals surface area contributed by atoms with Gasteiger partial charge in [0.05, 0.1) is 29.2 Å². The van der Waals surface area contributed by atoms with E-state index in [0.29, 0.717) is 27.5 Å². The zero-order valence-corrected chi connectivity index (χ0v) is 17.1. The summed E-state index contributed by atoms with van der Waals surface area (Å²) in [6.07, 6.45) is 0. The Bertz CT molecular complexity index is 967. The van der Waals surface area contributed by atoms with E-state index in [-0.39, 0.29) is 18.3 Å². The molecule has 0 aliphatic rings. The molecular weight excluding hydrogens is 468 g/mol. The first-order valence-corrected chi connectivity index (χ1v) is 9.37. The van der Waals surface area contributed by atoms with Gasteiger partial charge < -0.3 is 5.32 Å². The lowest BCUT2D eigenvalue weighted by molar-refractivity contribution is 0.102. The zero-order valence-electron chi connectivity index (χ0n) is 14.2. The summed E-state index contributed by atoms with van der Waals surface area (Å²) in [7, 11) is 0. The van der Waals surface area contributed by atoms with Gasteiger partial charge in [-0.3, -0.25) is 9.48 Å². The maximum absolute atomic E-state index is 14.1. The van der Waals surface area contributed by atoms with Crippen LogP contribution in [0.25, 0.3) is 0 Å². The van der Waals surface area contributed by atoms with E-state index in [0.717, 1.165) is 9.26 Å². The van der Waals surface area contributed by atoms with Gasteiger partial charge in [-0.1, -0.05) is 29.8 Å². The molecule has 0 radical (unpaired) electrons. The molecule has 7 heteroatoms. The Morgan fingerprint density at radius 3 is 2.65 bits per heavy atom. The van der Waals surface area contributed by atoms with Crippen molar-refractivity contribution in [2.75, 3.05) is 5.32 Å². The summed E-state index contributed by atoms with van der Waals surface area (Å²) in [5.74, 6) is -0.584. The molecule has 0 saturated heterocycles. The summed E-state index contributed by atoms with van der Waals surface area (Å²) in [4.78, 5) is 12.6. The van der Waals surface area contributed by atoms with Crippen molar-refractivity contribution in [1.82, 2.24) is 9.78 Å². The van der Waals surface area contributed by atoms with Gasteiger partial charge in [-0.25, -0.2) is 4.39 Å². The van der Waals surface area contributed by atoms with Crippen LogP contribution in [-0.2, 0) is 6.54 Å². The Morgan fingerprint density at radius 1 is 1.23 bits per heavy atom. The number of hydrogen-bond acceptors (Lipinski definition) is 2. The maximum atomic E-state index is 14.1. The van der Waals surface area contributed by atoms with Crippen molar-refractivity contribution < 1.29 is 9.18 Å². The minimum absolute atomic E-state index is 0.191. The van der Waals surface area contributed by atoms with Crippen molar-refractivity contribution >= 4 is 45.8 Å². The summed E-state index contributed by atoms with van der Waals surface area (Å²) >= 11 is 8.23. The Morgan fingerprint density at radius 2 is 1.96 bits per heavy atom. The van der Waals surface area contributed by atoms with Crippen molar-refractivity contribution in [2.45, 2.75) is 20.4 Å². The fraction of sp³-hybridized carbons (Fsp3) is 0.158. The molecule has 0 aliphatic carbocycles. The summed E-state index contributed by atoms with van der Waals surface area (Å²) in [5.41, 5.74) is 2.99. The van der Waals surface area contributed by atoms with Crippen LogP contribution in [0.5, 0.6) is 0 Å². The number of carbonyl (C=O) groups is 1. The van der Waals surface area contributed by atoms with Crippen LogP contribution in [0, 0.1) is 23.2 Å². The first-order chi connectivity index (χ1) is 12.4. The number of hydrogen-bond donors (Lipinski definition) is 1. The van der Waals surface area contributed by atoms with Crippen molar-refractivity contribution in [3.05, 3.63) is 79.4 Å². The molecule has 1 aromatic heterocycles. The van der Waals surface area contributed by atoms with Crippen LogP contribution in [0.15, 0.2) is 42.5 Å². The molecular formula is C19H16ClFIN3O. The number of benzene rings is 2. The van der Waals surface area contributed by atoms with Crippen molar-refractivity contribution in [3.63, 3.8) is 0 Å². The molecule has 0 unspecified atom stereocenters. The van der Waals surface area contributed by atoms with E-state index in [1.54, 1.807) is 29.8 Å². The van der Waals surface area contributed by atoms with E-state index in [1.807, 2.05) is 25.1 Å². The fourth-order valence-corrected chi connectivity index (χ4v) is 3.55. The average molecular weight is 484 g/mol. The summed E-state index contributed by atoms with van der Waals surface area (Å²) < 4.78 is 16.6. The third-order valence-electron chi connectivity index (χ3n) is 4.11. The summed E-state index contributed by atoms with van der Waals surface area (Å²) in [6, 6.07) is 11.9. The van der Waals surface area contributed by atoms with Gasteiger partial charge in [0.25, 0.3) is 5.91 Å². The number of anilines is 1. The number of aryl methyl sites for hydroxylation is 1. The molecule has 3 rings (SSSR count). The normalized spacial score (nSPS) is 10.8. The van der Waals surface area contributed by atoms with Crippen LogP contribution in [-0.4, -0.2) is 15.7 Å². The number of nitrogens with zero attached hydrogens (tertiary/aromatic N) is 2. The molecule has 26 heavy (non-hydrogen) atoms. The average Bonchev–Trinajstić information content (AvgIpc) is 2.86. The lowest BCUT2D eigenvalue weighted by atomic mass is 10.2. The van der Waals surface area contributed by atoms with Gasteiger partial charge in [0.15, 0.2) is 0 Å². The summed E-state index contributed by atoms with van der Waals surface area (Å²) in [6.45, 7) is 3.83. The van der Waals surface area contributed by atoms with E-state index in [9.17, 15) is 9.18 Å². The van der Waals surface area contributed by atoms with E-state index in [2.05, 4.69) is 33.0 Å². The van der Waals surface area contributed by atoms with Gasteiger partial charge in [0.1, 0.15) is 5.82 Å². The van der Waals surface area contributed by atoms with Crippen LogP contribution < -0.4 is 5.32 Å². The highest BCUT2D eigenvalue weighted by Gasteiger charge is 2.18. The van der Waals surface area contributed by atoms with Crippen LogP contribution in [0.4, 0.5) is 10.1 Å². The minimum atomic E-state index is -0.380. The summed E-state index contributed by atoms with van der Waals surface area (Å²) in [5, 5.41) is 7.70. The van der Waals surface area contributed by atoms with E-state index in [1.165, 1.54) is 6.07 Å². The fourth-order valence-electron chi connectivity index (χ4n) is 2.69. The molecule has 134 valence electrons. The SMILES string of the molecule is Cc1nn(Cc2c(F)cccc2Cl)c(C)c1NC(=O)c1ccccc1I. The van der Waals surface area contributed by atoms with Crippen LogP contribution >= 0.6 is 34.2 Å². The lowest BCUT2D eigenvalue weighted by Crippen LogP contribution is -2.14. The Balaban J connectivity index is 1.89. The highest BCUT2D eigenvalue weighted by atomic mass is 127. The molecule has 1 heterocycles. The molecule has 3 aromatic rings. The predicted molar refractivity (Wildman–Crippen MR) is 109 cm³/mol. The Hall–Kier alpha value is -1.93. The van der Waals surface area contributed by atoms with Gasteiger partial charge in [-0.05, 0) is 60.7 Å². The quantitative estimate of drug-likeness (QED) is 0.519. The molecule has 1 amide bonds. The molecule has 0 fully saturated rings. The van der Waals surface area contributed by atoms with Crippen LogP contribution in [0.1, 0.15) is 27.3 Å². The monoisotopic (exact) mass is 483 g/mol. The highest BCUT2D eigenvalue weighted by molar-refractivity contribution is 14.1. The van der Waals surface area contributed by atoms with E-state index in [4.69, 9.17) is 11.6 Å². The number of amides is 1. The standard InChI is InChI=1S/C19H16ClFIN3O/c1-11-18(23-19(26)13-6-3-4-9-17(13)22)12(2)25(24-11)10-14-15(20)7-5-8-16(14)21/h3-9H,10H2,1-2H3,(H,23,26). The van der Waals surface area contributed by atoms with Crippen molar-refractivity contribution in [1.29, 1.82) is 0 Å². The zero-order chi connectivity index (χ0) is 18.8. The second kappa shape index (κ2) is 7.75. The number of carbonyl (C=O) groups excluding carboxylic acids is 1. The second-order valence-electron chi connectivity index (χ2n) is 5.84. The predicted octanol–water partition coefficient (Wildman–Crippen LogP) is 5.20. The first kappa shape index (κ1) is 18.8. The van der Waals surface area contributed by atoms with Gasteiger partial charge in [-0.15, -0.1) is 0 Å². The Labute approximate surface area is 169 Å². The highest BCUT2D eigenvalue weighted by Crippen LogP contribution is 2.25. The topological polar surface area (TPSA) is 46.9 Å². The molecule has 2 aromatic carbocycles. The maximum Gasteiger partial charge on any atom is 0.256 e. The third-order valence-corrected chi connectivity index (χ3v) is 5.40. The van der Waals surface area contributed by atoms with Gasteiger partial charge in [-0.2, -0.15) is 5.10 Å². The molecule has 0 spiro atoms. The van der Waals surface area contributed by atoms with Gasteiger partial charge in [0.2, 0.25) is 0 Å². The van der Waals surface area contributed by atoms with E-state index < -0.39 is 0 Å². The first-order valence-electron chi connectivity index (χ1n) is 7.91. The number of rotatable bonds is 4. The molecule has 0 aliphatic heterocycles. The van der Waals surface area contributed by atoms with Crippen molar-refractivity contribution in [2.24, 2.45) is 0 Å². The largest absolute Gasteiger partial charge is 0.319 e. The van der Waals surface area contributed by atoms with Crippen LogP contribution in [0.2, 0.25) is 5.02 Å². The molecule has 0 saturated carbocycles. The second-order valence-corrected chi connectivity index (χ2v) is 7.41. The van der Waals surface area contributed by atoms with Gasteiger partial charge >= 0.3 is 0 Å².